The van der Waals surface area contributed by atoms with Crippen molar-refractivity contribution in [3.63, 3.8) is 0 Å². The molecule has 1 aromatic carbocycles. The number of hydrogen-bond acceptors (Lipinski definition) is 4. The fourth-order valence-electron chi connectivity index (χ4n) is 1.73. The SMILES string of the molecule is CCC(SCC(=O)NCCc1ccc(OC)cc1)C(=O)O. The Morgan fingerprint density at radius 1 is 1.33 bits per heavy atom. The van der Waals surface area contributed by atoms with Gasteiger partial charge < -0.3 is 15.2 Å². The molecule has 1 atom stereocenters. The summed E-state index contributed by atoms with van der Waals surface area (Å²) in [6.45, 7) is 2.34. The van der Waals surface area contributed by atoms with E-state index < -0.39 is 11.2 Å². The molecule has 0 fully saturated rings. The maximum Gasteiger partial charge on any atom is 0.316 e. The zero-order valence-corrected chi connectivity index (χ0v) is 13.1. The highest BCUT2D eigenvalue weighted by atomic mass is 32.2. The zero-order valence-electron chi connectivity index (χ0n) is 12.3. The van der Waals surface area contributed by atoms with E-state index in [0.29, 0.717) is 13.0 Å². The summed E-state index contributed by atoms with van der Waals surface area (Å²) in [5, 5.41) is 11.2. The third-order valence-electron chi connectivity index (χ3n) is 2.96. The number of thioether (sulfide) groups is 1. The van der Waals surface area contributed by atoms with Gasteiger partial charge in [0.05, 0.1) is 12.9 Å². The molecule has 5 nitrogen and oxygen atoms in total. The summed E-state index contributed by atoms with van der Waals surface area (Å²) in [4.78, 5) is 22.5. The Kier molecular flexibility index (Phi) is 7.68. The molecule has 0 aliphatic heterocycles. The second-order valence-corrected chi connectivity index (χ2v) is 5.69. The van der Waals surface area contributed by atoms with Gasteiger partial charge >= 0.3 is 5.97 Å². The minimum atomic E-state index is -0.867. The summed E-state index contributed by atoms with van der Waals surface area (Å²) >= 11 is 1.16. The normalized spacial score (nSPS) is 11.7. The van der Waals surface area contributed by atoms with Crippen LogP contribution in [-0.2, 0) is 16.0 Å². The molecule has 0 aromatic heterocycles. The lowest BCUT2D eigenvalue weighted by molar-refractivity contribution is -0.136. The Morgan fingerprint density at radius 3 is 2.52 bits per heavy atom. The highest BCUT2D eigenvalue weighted by Gasteiger charge is 2.16. The monoisotopic (exact) mass is 311 g/mol. The molecule has 0 bridgehead atoms. The third kappa shape index (κ3) is 6.53. The lowest BCUT2D eigenvalue weighted by atomic mass is 10.1. The molecule has 0 heterocycles. The number of nitrogens with one attached hydrogen (secondary N) is 1. The van der Waals surface area contributed by atoms with Crippen LogP contribution in [0.15, 0.2) is 24.3 Å². The van der Waals surface area contributed by atoms with Gasteiger partial charge in [-0.2, -0.15) is 0 Å². The van der Waals surface area contributed by atoms with Crippen LogP contribution in [0, 0.1) is 0 Å². The van der Waals surface area contributed by atoms with Crippen LogP contribution in [0.5, 0.6) is 5.75 Å². The van der Waals surface area contributed by atoms with E-state index in [4.69, 9.17) is 9.84 Å². The summed E-state index contributed by atoms with van der Waals surface area (Å²) in [5.74, 6) is -0.0202. The average Bonchev–Trinajstić information content (AvgIpc) is 2.48. The lowest BCUT2D eigenvalue weighted by Gasteiger charge is -2.09. The van der Waals surface area contributed by atoms with Crippen LogP contribution in [-0.4, -0.2) is 41.6 Å². The first-order chi connectivity index (χ1) is 10.1. The minimum absolute atomic E-state index is 0.131. The van der Waals surface area contributed by atoms with Crippen LogP contribution < -0.4 is 10.1 Å². The molecule has 0 aliphatic rings. The van der Waals surface area contributed by atoms with Crippen LogP contribution >= 0.6 is 11.8 Å². The Labute approximate surface area is 129 Å². The van der Waals surface area contributed by atoms with Gasteiger partial charge in [0.1, 0.15) is 11.0 Å². The van der Waals surface area contributed by atoms with Gasteiger partial charge in [0, 0.05) is 6.54 Å². The number of hydrogen-bond donors (Lipinski definition) is 2. The summed E-state index contributed by atoms with van der Waals surface area (Å²) in [7, 11) is 1.62. The van der Waals surface area contributed by atoms with Crippen molar-refractivity contribution in [3.05, 3.63) is 29.8 Å². The van der Waals surface area contributed by atoms with Gasteiger partial charge in [0.25, 0.3) is 0 Å². The van der Waals surface area contributed by atoms with E-state index in [0.717, 1.165) is 29.5 Å². The van der Waals surface area contributed by atoms with Crippen LogP contribution in [0.25, 0.3) is 0 Å². The van der Waals surface area contributed by atoms with Crippen molar-refractivity contribution < 1.29 is 19.4 Å². The smallest absolute Gasteiger partial charge is 0.316 e. The Bertz CT molecular complexity index is 461. The third-order valence-corrected chi connectivity index (χ3v) is 4.32. The molecule has 116 valence electrons. The molecule has 1 rings (SSSR count). The first-order valence-corrected chi connectivity index (χ1v) is 7.85. The summed E-state index contributed by atoms with van der Waals surface area (Å²) in [5.41, 5.74) is 1.11. The van der Waals surface area contributed by atoms with E-state index >= 15 is 0 Å². The Hall–Kier alpha value is -1.69. The number of carbonyl (C=O) groups is 2. The van der Waals surface area contributed by atoms with Crippen molar-refractivity contribution in [2.24, 2.45) is 0 Å². The number of aliphatic carboxylic acids is 1. The molecule has 0 radical (unpaired) electrons. The fourth-order valence-corrected chi connectivity index (χ4v) is 2.56. The first-order valence-electron chi connectivity index (χ1n) is 6.80. The molecule has 1 unspecified atom stereocenters. The van der Waals surface area contributed by atoms with Gasteiger partial charge in [-0.15, -0.1) is 11.8 Å². The Balaban J connectivity index is 2.25. The maximum absolute atomic E-state index is 11.6. The zero-order chi connectivity index (χ0) is 15.7. The van der Waals surface area contributed by atoms with Gasteiger partial charge in [-0.3, -0.25) is 9.59 Å². The molecule has 6 heteroatoms. The Morgan fingerprint density at radius 2 is 2.00 bits per heavy atom. The van der Waals surface area contributed by atoms with Gasteiger partial charge in [0.2, 0.25) is 5.91 Å². The molecular weight excluding hydrogens is 290 g/mol. The minimum Gasteiger partial charge on any atom is -0.497 e. The molecular formula is C15H21NO4S. The number of methoxy groups -OCH3 is 1. The lowest BCUT2D eigenvalue weighted by Crippen LogP contribution is -2.29. The quantitative estimate of drug-likeness (QED) is 0.729. The molecule has 0 saturated heterocycles. The molecule has 0 saturated carbocycles. The molecule has 0 aliphatic carbocycles. The second kappa shape index (κ2) is 9.28. The van der Waals surface area contributed by atoms with Crippen LogP contribution in [0.2, 0.25) is 0 Å². The van der Waals surface area contributed by atoms with Crippen molar-refractivity contribution in [1.82, 2.24) is 5.32 Å². The van der Waals surface area contributed by atoms with E-state index in [1.165, 1.54) is 0 Å². The molecule has 1 amide bonds. The van der Waals surface area contributed by atoms with Crippen LogP contribution in [0.1, 0.15) is 18.9 Å². The van der Waals surface area contributed by atoms with E-state index in [2.05, 4.69) is 5.32 Å². The molecule has 21 heavy (non-hydrogen) atoms. The van der Waals surface area contributed by atoms with Crippen molar-refractivity contribution >= 4 is 23.6 Å². The van der Waals surface area contributed by atoms with Gasteiger partial charge in [-0.1, -0.05) is 19.1 Å². The maximum atomic E-state index is 11.6. The topological polar surface area (TPSA) is 75.6 Å². The van der Waals surface area contributed by atoms with E-state index in [1.807, 2.05) is 24.3 Å². The van der Waals surface area contributed by atoms with Gasteiger partial charge in [0.15, 0.2) is 0 Å². The average molecular weight is 311 g/mol. The summed E-state index contributed by atoms with van der Waals surface area (Å²) in [6.07, 6.45) is 1.25. The van der Waals surface area contributed by atoms with Crippen LogP contribution in [0.4, 0.5) is 0 Å². The number of ether oxygens (including phenoxy) is 1. The first kappa shape index (κ1) is 17.4. The number of carboxylic acids is 1. The van der Waals surface area contributed by atoms with Crippen LogP contribution in [0.3, 0.4) is 0 Å². The van der Waals surface area contributed by atoms with Gasteiger partial charge in [-0.05, 0) is 30.5 Å². The molecule has 1 aromatic rings. The summed E-state index contributed by atoms with van der Waals surface area (Å²) in [6, 6.07) is 7.67. The standard InChI is InChI=1S/C15H21NO4S/c1-3-13(15(18)19)21-10-14(17)16-9-8-11-4-6-12(20-2)7-5-11/h4-7,13H,3,8-10H2,1-2H3,(H,16,17)(H,18,19). The van der Waals surface area contributed by atoms with E-state index in [-0.39, 0.29) is 11.7 Å². The van der Waals surface area contributed by atoms with Crippen molar-refractivity contribution in [3.8, 4) is 5.75 Å². The second-order valence-electron chi connectivity index (χ2n) is 4.49. The predicted molar refractivity (Wildman–Crippen MR) is 83.9 cm³/mol. The summed E-state index contributed by atoms with van der Waals surface area (Å²) < 4.78 is 5.08. The fraction of sp³-hybridized carbons (Fsp3) is 0.467. The largest absolute Gasteiger partial charge is 0.497 e. The number of rotatable bonds is 9. The van der Waals surface area contributed by atoms with Crippen molar-refractivity contribution in [1.29, 1.82) is 0 Å². The van der Waals surface area contributed by atoms with E-state index in [1.54, 1.807) is 14.0 Å². The molecule has 2 N–H and O–H groups in total. The number of carbonyl (C=O) groups excluding carboxylic acids is 1. The van der Waals surface area contributed by atoms with E-state index in [9.17, 15) is 9.59 Å². The van der Waals surface area contributed by atoms with Crippen molar-refractivity contribution in [2.45, 2.75) is 25.0 Å². The van der Waals surface area contributed by atoms with Crippen molar-refractivity contribution in [2.75, 3.05) is 19.4 Å². The predicted octanol–water partition coefficient (Wildman–Crippen LogP) is 1.95. The highest BCUT2D eigenvalue weighted by molar-refractivity contribution is 8.01. The highest BCUT2D eigenvalue weighted by Crippen LogP contribution is 2.14. The number of amides is 1. The molecule has 0 spiro atoms. The number of carboxylic acid groups (broad SMARTS) is 1. The number of benzene rings is 1. The van der Waals surface area contributed by atoms with Gasteiger partial charge in [-0.25, -0.2) is 0 Å².